The van der Waals surface area contributed by atoms with Crippen molar-refractivity contribution in [3.05, 3.63) is 62.1 Å². The van der Waals surface area contributed by atoms with Crippen LogP contribution in [0.4, 0.5) is 0 Å². The first-order valence-corrected chi connectivity index (χ1v) is 7.74. The van der Waals surface area contributed by atoms with Crippen LogP contribution in [-0.2, 0) is 0 Å². The summed E-state index contributed by atoms with van der Waals surface area (Å²) in [6.45, 7) is 5.76. The topological polar surface area (TPSA) is 26.3 Å². The first-order chi connectivity index (χ1) is 9.88. The average Bonchev–Trinajstić information content (AvgIpc) is 2.40. The van der Waals surface area contributed by atoms with Crippen LogP contribution in [0.25, 0.3) is 0 Å². The van der Waals surface area contributed by atoms with Crippen molar-refractivity contribution in [3.63, 3.8) is 0 Å². The van der Waals surface area contributed by atoms with E-state index < -0.39 is 0 Å². The lowest BCUT2D eigenvalue weighted by Gasteiger charge is -2.12. The van der Waals surface area contributed by atoms with E-state index in [0.717, 1.165) is 21.2 Å². The lowest BCUT2D eigenvalue weighted by atomic mass is 10.0. The molecule has 0 aliphatic heterocycles. The molecular weight excluding hydrogens is 352 g/mol. The van der Waals surface area contributed by atoms with Gasteiger partial charge < -0.3 is 4.74 Å². The maximum absolute atomic E-state index is 12.3. The standard InChI is InChI=1S/C17H16BrClO2/c1-10-4-5-11(2)14(6-10)16(20)9-21-17-12(3)7-13(18)8-15(17)19/h4-8H,9H2,1-3H3. The monoisotopic (exact) mass is 366 g/mol. The van der Waals surface area contributed by atoms with Gasteiger partial charge >= 0.3 is 0 Å². The summed E-state index contributed by atoms with van der Waals surface area (Å²) in [6, 6.07) is 9.48. The van der Waals surface area contributed by atoms with Crippen LogP contribution < -0.4 is 4.74 Å². The molecule has 0 fully saturated rings. The average molecular weight is 368 g/mol. The molecule has 0 aliphatic rings. The van der Waals surface area contributed by atoms with E-state index in [-0.39, 0.29) is 12.4 Å². The van der Waals surface area contributed by atoms with Gasteiger partial charge in [-0.3, -0.25) is 4.79 Å². The number of carbonyl (C=O) groups is 1. The molecule has 2 aromatic rings. The molecule has 0 saturated carbocycles. The van der Waals surface area contributed by atoms with Crippen LogP contribution in [0.3, 0.4) is 0 Å². The lowest BCUT2D eigenvalue weighted by Crippen LogP contribution is -2.13. The number of rotatable bonds is 4. The summed E-state index contributed by atoms with van der Waals surface area (Å²) in [5, 5.41) is 0.496. The predicted octanol–water partition coefficient (Wildman–Crippen LogP) is 5.29. The van der Waals surface area contributed by atoms with Crippen LogP contribution in [0, 0.1) is 20.8 Å². The van der Waals surface area contributed by atoms with Crippen molar-refractivity contribution in [2.75, 3.05) is 6.61 Å². The van der Waals surface area contributed by atoms with Gasteiger partial charge in [0.2, 0.25) is 0 Å². The number of ether oxygens (including phenoxy) is 1. The van der Waals surface area contributed by atoms with E-state index in [9.17, 15) is 4.79 Å². The number of benzene rings is 2. The molecule has 0 aromatic heterocycles. The minimum absolute atomic E-state index is 0.0213. The summed E-state index contributed by atoms with van der Waals surface area (Å²) < 4.78 is 6.52. The van der Waals surface area contributed by atoms with Crippen molar-refractivity contribution in [2.45, 2.75) is 20.8 Å². The Labute approximate surface area is 138 Å². The molecule has 0 saturated heterocycles. The van der Waals surface area contributed by atoms with Crippen molar-refractivity contribution in [2.24, 2.45) is 0 Å². The van der Waals surface area contributed by atoms with E-state index in [1.807, 2.05) is 45.0 Å². The largest absolute Gasteiger partial charge is 0.484 e. The van der Waals surface area contributed by atoms with Crippen molar-refractivity contribution in [3.8, 4) is 5.75 Å². The maximum Gasteiger partial charge on any atom is 0.200 e. The molecule has 0 radical (unpaired) electrons. The van der Waals surface area contributed by atoms with Crippen LogP contribution in [0.5, 0.6) is 5.75 Å². The second kappa shape index (κ2) is 6.63. The molecule has 2 aromatic carbocycles. The number of carbonyl (C=O) groups excluding carboxylic acids is 1. The normalized spacial score (nSPS) is 10.5. The molecule has 0 bridgehead atoms. The number of aryl methyl sites for hydroxylation is 3. The SMILES string of the molecule is Cc1ccc(C)c(C(=O)COc2c(C)cc(Br)cc2Cl)c1. The zero-order chi connectivity index (χ0) is 15.6. The molecule has 0 atom stereocenters. The third kappa shape index (κ3) is 3.86. The van der Waals surface area contributed by atoms with Gasteiger partial charge in [0.15, 0.2) is 12.4 Å². The fourth-order valence-corrected chi connectivity index (χ4v) is 3.15. The number of hydrogen-bond donors (Lipinski definition) is 0. The third-order valence-corrected chi connectivity index (χ3v) is 3.97. The quantitative estimate of drug-likeness (QED) is 0.686. The van der Waals surface area contributed by atoms with E-state index in [2.05, 4.69) is 15.9 Å². The van der Waals surface area contributed by atoms with E-state index in [1.165, 1.54) is 0 Å². The number of hydrogen-bond acceptors (Lipinski definition) is 2. The number of ketones is 1. The van der Waals surface area contributed by atoms with E-state index in [0.29, 0.717) is 16.3 Å². The Morgan fingerprint density at radius 3 is 2.52 bits per heavy atom. The van der Waals surface area contributed by atoms with Gasteiger partial charge in [0.05, 0.1) is 5.02 Å². The van der Waals surface area contributed by atoms with Crippen LogP contribution in [0.1, 0.15) is 27.0 Å². The first kappa shape index (κ1) is 16.1. The summed E-state index contributed by atoms with van der Waals surface area (Å²) >= 11 is 9.53. The molecule has 0 amide bonds. The highest BCUT2D eigenvalue weighted by atomic mass is 79.9. The van der Waals surface area contributed by atoms with Gasteiger partial charge in [0, 0.05) is 10.0 Å². The van der Waals surface area contributed by atoms with Crippen LogP contribution in [0.2, 0.25) is 5.02 Å². The van der Waals surface area contributed by atoms with E-state index in [4.69, 9.17) is 16.3 Å². The number of Topliss-reactive ketones (excluding diaryl/α,β-unsaturated/α-hetero) is 1. The zero-order valence-electron chi connectivity index (χ0n) is 12.2. The second-order valence-corrected chi connectivity index (χ2v) is 6.39. The Morgan fingerprint density at radius 2 is 1.86 bits per heavy atom. The molecular formula is C17H16BrClO2. The predicted molar refractivity (Wildman–Crippen MR) is 89.6 cm³/mol. The maximum atomic E-state index is 12.3. The van der Waals surface area contributed by atoms with Crippen molar-refractivity contribution >= 4 is 33.3 Å². The van der Waals surface area contributed by atoms with Gasteiger partial charge in [-0.1, -0.05) is 45.2 Å². The highest BCUT2D eigenvalue weighted by molar-refractivity contribution is 9.10. The highest BCUT2D eigenvalue weighted by Gasteiger charge is 2.13. The van der Waals surface area contributed by atoms with E-state index >= 15 is 0 Å². The van der Waals surface area contributed by atoms with Crippen LogP contribution >= 0.6 is 27.5 Å². The second-order valence-electron chi connectivity index (χ2n) is 5.06. The first-order valence-electron chi connectivity index (χ1n) is 6.57. The summed E-state index contributed by atoms with van der Waals surface area (Å²) in [5.41, 5.74) is 3.60. The Kier molecular flexibility index (Phi) is 5.07. The summed E-state index contributed by atoms with van der Waals surface area (Å²) in [7, 11) is 0. The molecule has 0 heterocycles. The van der Waals surface area contributed by atoms with Crippen LogP contribution in [0.15, 0.2) is 34.8 Å². The number of halogens is 2. The smallest absolute Gasteiger partial charge is 0.200 e. The molecule has 21 heavy (non-hydrogen) atoms. The van der Waals surface area contributed by atoms with E-state index in [1.54, 1.807) is 6.07 Å². The fourth-order valence-electron chi connectivity index (χ4n) is 2.12. The Bertz CT molecular complexity index is 672. The van der Waals surface area contributed by atoms with Crippen molar-refractivity contribution < 1.29 is 9.53 Å². The van der Waals surface area contributed by atoms with Gasteiger partial charge in [0.25, 0.3) is 0 Å². The molecule has 4 heteroatoms. The zero-order valence-corrected chi connectivity index (χ0v) is 14.5. The van der Waals surface area contributed by atoms with Crippen molar-refractivity contribution in [1.82, 2.24) is 0 Å². The Hall–Kier alpha value is -1.32. The molecule has 0 unspecified atom stereocenters. The molecule has 2 nitrogen and oxygen atoms in total. The minimum Gasteiger partial charge on any atom is -0.484 e. The molecule has 0 spiro atoms. The van der Waals surface area contributed by atoms with Gasteiger partial charge in [0.1, 0.15) is 5.75 Å². The highest BCUT2D eigenvalue weighted by Crippen LogP contribution is 2.32. The van der Waals surface area contributed by atoms with Crippen molar-refractivity contribution in [1.29, 1.82) is 0 Å². The molecule has 2 rings (SSSR count). The summed E-state index contributed by atoms with van der Waals surface area (Å²) in [5.74, 6) is 0.508. The fraction of sp³-hybridized carbons (Fsp3) is 0.235. The minimum atomic E-state index is -0.0467. The molecule has 0 N–H and O–H groups in total. The molecule has 110 valence electrons. The molecule has 0 aliphatic carbocycles. The van der Waals surface area contributed by atoms with Gasteiger partial charge in [-0.05, 0) is 50.1 Å². The summed E-state index contributed by atoms with van der Waals surface area (Å²) in [4.78, 5) is 12.3. The third-order valence-electron chi connectivity index (χ3n) is 3.24. The Morgan fingerprint density at radius 1 is 1.14 bits per heavy atom. The van der Waals surface area contributed by atoms with Crippen LogP contribution in [-0.4, -0.2) is 12.4 Å². The van der Waals surface area contributed by atoms with Gasteiger partial charge in [-0.15, -0.1) is 0 Å². The summed E-state index contributed by atoms with van der Waals surface area (Å²) in [6.07, 6.45) is 0. The van der Waals surface area contributed by atoms with Gasteiger partial charge in [-0.2, -0.15) is 0 Å². The Balaban J connectivity index is 2.17. The van der Waals surface area contributed by atoms with Gasteiger partial charge in [-0.25, -0.2) is 0 Å². The lowest BCUT2D eigenvalue weighted by molar-refractivity contribution is 0.0920.